The molecule has 0 aliphatic heterocycles. The molecule has 2 rings (SSSR count). The zero-order chi connectivity index (χ0) is 14.2. The predicted molar refractivity (Wildman–Crippen MR) is 83.8 cm³/mol. The molecule has 0 heterocycles. The Kier molecular flexibility index (Phi) is 6.50. The molecule has 1 aliphatic carbocycles. The fraction of sp³-hybridized carbons (Fsp3) is 0.533. The number of rotatable bonds is 7. The van der Waals surface area contributed by atoms with Crippen molar-refractivity contribution in [3.63, 3.8) is 0 Å². The first-order valence-electron chi connectivity index (χ1n) is 7.12. The molecule has 110 valence electrons. The van der Waals surface area contributed by atoms with E-state index in [1.165, 1.54) is 25.7 Å². The van der Waals surface area contributed by atoms with Crippen molar-refractivity contribution in [2.24, 2.45) is 0 Å². The van der Waals surface area contributed by atoms with E-state index in [2.05, 4.69) is 26.6 Å². The van der Waals surface area contributed by atoms with Crippen molar-refractivity contribution in [3.8, 4) is 0 Å². The van der Waals surface area contributed by atoms with Gasteiger partial charge in [-0.15, -0.1) is 0 Å². The van der Waals surface area contributed by atoms with Crippen molar-refractivity contribution in [2.75, 3.05) is 25.0 Å². The van der Waals surface area contributed by atoms with E-state index < -0.39 is 0 Å². The van der Waals surface area contributed by atoms with Gasteiger partial charge in [-0.1, -0.05) is 28.8 Å². The van der Waals surface area contributed by atoms with E-state index in [4.69, 9.17) is 4.74 Å². The second-order valence-electron chi connectivity index (χ2n) is 5.01. The zero-order valence-electron chi connectivity index (χ0n) is 11.5. The van der Waals surface area contributed by atoms with E-state index in [9.17, 15) is 4.79 Å². The first-order chi connectivity index (χ1) is 9.74. The molecular weight excluding hydrogens is 320 g/mol. The van der Waals surface area contributed by atoms with Crippen LogP contribution in [0.1, 0.15) is 25.7 Å². The van der Waals surface area contributed by atoms with Gasteiger partial charge in [-0.25, -0.2) is 0 Å². The molecule has 1 amide bonds. The first kappa shape index (κ1) is 15.5. The normalized spacial score (nSPS) is 15.4. The monoisotopic (exact) mass is 340 g/mol. The van der Waals surface area contributed by atoms with E-state index in [0.29, 0.717) is 25.8 Å². The molecular formula is C15H21BrN2O2. The highest BCUT2D eigenvalue weighted by Gasteiger charge is 2.14. The van der Waals surface area contributed by atoms with E-state index in [-0.39, 0.29) is 5.91 Å². The lowest BCUT2D eigenvalue weighted by atomic mass is 10.3. The lowest BCUT2D eigenvalue weighted by Gasteiger charge is -2.11. The van der Waals surface area contributed by atoms with E-state index in [1.54, 1.807) is 0 Å². The van der Waals surface area contributed by atoms with Crippen molar-refractivity contribution < 1.29 is 9.53 Å². The molecule has 0 radical (unpaired) electrons. The molecule has 0 aromatic heterocycles. The van der Waals surface area contributed by atoms with Crippen LogP contribution >= 0.6 is 15.9 Å². The number of nitrogens with one attached hydrogen (secondary N) is 2. The fourth-order valence-corrected chi connectivity index (χ4v) is 2.56. The largest absolute Gasteiger partial charge is 0.377 e. The molecule has 4 nitrogen and oxygen atoms in total. The van der Waals surface area contributed by atoms with Crippen LogP contribution in [0.4, 0.5) is 5.69 Å². The molecule has 1 aliphatic rings. The van der Waals surface area contributed by atoms with Crippen LogP contribution in [0, 0.1) is 0 Å². The molecule has 0 unspecified atom stereocenters. The average molecular weight is 341 g/mol. The van der Waals surface area contributed by atoms with E-state index >= 15 is 0 Å². The summed E-state index contributed by atoms with van der Waals surface area (Å²) in [6.07, 6.45) is 5.38. The quantitative estimate of drug-likeness (QED) is 0.750. The Labute approximate surface area is 128 Å². The second kappa shape index (κ2) is 8.39. The number of hydrogen-bond acceptors (Lipinski definition) is 3. The Morgan fingerprint density at radius 2 is 1.95 bits per heavy atom. The van der Waals surface area contributed by atoms with Gasteiger partial charge in [0.25, 0.3) is 0 Å². The van der Waals surface area contributed by atoms with E-state index in [0.717, 1.165) is 10.2 Å². The maximum absolute atomic E-state index is 11.7. The van der Waals surface area contributed by atoms with Crippen molar-refractivity contribution in [2.45, 2.75) is 31.8 Å². The summed E-state index contributed by atoms with van der Waals surface area (Å²) in [6, 6.07) is 7.54. The van der Waals surface area contributed by atoms with Crippen LogP contribution in [-0.2, 0) is 9.53 Å². The van der Waals surface area contributed by atoms with Gasteiger partial charge in [-0.2, -0.15) is 0 Å². The lowest BCUT2D eigenvalue weighted by molar-refractivity contribution is -0.115. The zero-order valence-corrected chi connectivity index (χ0v) is 13.1. The second-order valence-corrected chi connectivity index (χ2v) is 5.92. The minimum Gasteiger partial charge on any atom is -0.377 e. The van der Waals surface area contributed by atoms with Gasteiger partial charge in [0, 0.05) is 16.7 Å². The van der Waals surface area contributed by atoms with Crippen LogP contribution in [0.25, 0.3) is 0 Å². The number of amides is 1. The first-order valence-corrected chi connectivity index (χ1v) is 7.91. The Morgan fingerprint density at radius 3 is 2.65 bits per heavy atom. The third-order valence-electron chi connectivity index (χ3n) is 3.35. The minimum atomic E-state index is -0.0341. The van der Waals surface area contributed by atoms with Gasteiger partial charge in [0.2, 0.25) is 5.91 Å². The summed E-state index contributed by atoms with van der Waals surface area (Å²) in [7, 11) is 0. The van der Waals surface area contributed by atoms with Gasteiger partial charge in [0.1, 0.15) is 0 Å². The summed E-state index contributed by atoms with van der Waals surface area (Å²) in [4.78, 5) is 11.7. The van der Waals surface area contributed by atoms with Crippen LogP contribution in [0.15, 0.2) is 28.7 Å². The summed E-state index contributed by atoms with van der Waals surface area (Å²) in [5, 5.41) is 5.93. The average Bonchev–Trinajstić information content (AvgIpc) is 2.94. The molecule has 0 spiro atoms. The van der Waals surface area contributed by atoms with Crippen molar-refractivity contribution >= 4 is 27.5 Å². The predicted octanol–water partition coefficient (Wildman–Crippen LogP) is 2.94. The maximum Gasteiger partial charge on any atom is 0.238 e. The Morgan fingerprint density at radius 1 is 1.25 bits per heavy atom. The van der Waals surface area contributed by atoms with Gasteiger partial charge in [0.15, 0.2) is 0 Å². The summed E-state index contributed by atoms with van der Waals surface area (Å²) in [5.74, 6) is -0.0341. The number of halogens is 1. The lowest BCUT2D eigenvalue weighted by Crippen LogP contribution is -2.31. The van der Waals surface area contributed by atoms with Gasteiger partial charge in [0.05, 0.1) is 19.3 Å². The molecule has 0 bridgehead atoms. The summed E-state index contributed by atoms with van der Waals surface area (Å²) in [6.45, 7) is 1.70. The Hall–Kier alpha value is -0.910. The van der Waals surface area contributed by atoms with Gasteiger partial charge in [-0.05, 0) is 37.1 Å². The van der Waals surface area contributed by atoms with E-state index in [1.807, 2.05) is 24.3 Å². The molecule has 1 fully saturated rings. The van der Waals surface area contributed by atoms with Crippen LogP contribution < -0.4 is 10.6 Å². The van der Waals surface area contributed by atoms with Crippen LogP contribution in [0.3, 0.4) is 0 Å². The van der Waals surface area contributed by atoms with Gasteiger partial charge in [-0.3, -0.25) is 4.79 Å². The molecule has 0 atom stereocenters. The number of carbonyl (C=O) groups is 1. The molecule has 20 heavy (non-hydrogen) atoms. The van der Waals surface area contributed by atoms with Crippen molar-refractivity contribution in [1.29, 1.82) is 0 Å². The highest BCUT2D eigenvalue weighted by molar-refractivity contribution is 9.10. The standard InChI is InChI=1S/C15H21BrN2O2/c16-12-5-7-13(8-6-12)18-15(19)11-17-9-10-20-14-3-1-2-4-14/h5-8,14,17H,1-4,9-11H2,(H,18,19). The van der Waals surface area contributed by atoms with Crippen LogP contribution in [-0.4, -0.2) is 31.7 Å². The molecule has 2 N–H and O–H groups in total. The molecule has 1 aromatic rings. The maximum atomic E-state index is 11.7. The number of benzene rings is 1. The topological polar surface area (TPSA) is 50.4 Å². The molecule has 0 saturated heterocycles. The molecule has 1 saturated carbocycles. The summed E-state index contributed by atoms with van der Waals surface area (Å²) >= 11 is 3.36. The van der Waals surface area contributed by atoms with Crippen molar-refractivity contribution in [3.05, 3.63) is 28.7 Å². The highest BCUT2D eigenvalue weighted by Crippen LogP contribution is 2.20. The van der Waals surface area contributed by atoms with Crippen LogP contribution in [0.5, 0.6) is 0 Å². The van der Waals surface area contributed by atoms with Gasteiger partial charge >= 0.3 is 0 Å². The summed E-state index contributed by atoms with van der Waals surface area (Å²) < 4.78 is 6.71. The number of ether oxygens (including phenoxy) is 1. The summed E-state index contributed by atoms with van der Waals surface area (Å²) in [5.41, 5.74) is 0.808. The number of carbonyl (C=O) groups excluding carboxylic acids is 1. The minimum absolute atomic E-state index is 0.0341. The van der Waals surface area contributed by atoms with Crippen LogP contribution in [0.2, 0.25) is 0 Å². The third kappa shape index (κ3) is 5.61. The SMILES string of the molecule is O=C(CNCCOC1CCCC1)Nc1ccc(Br)cc1. The Bertz CT molecular complexity index is 416. The smallest absolute Gasteiger partial charge is 0.238 e. The fourth-order valence-electron chi connectivity index (χ4n) is 2.29. The Balaban J connectivity index is 1.54. The number of hydrogen-bond donors (Lipinski definition) is 2. The van der Waals surface area contributed by atoms with Gasteiger partial charge < -0.3 is 15.4 Å². The molecule has 1 aromatic carbocycles. The third-order valence-corrected chi connectivity index (χ3v) is 3.88. The highest BCUT2D eigenvalue weighted by atomic mass is 79.9. The van der Waals surface area contributed by atoms with Crippen molar-refractivity contribution in [1.82, 2.24) is 5.32 Å². The molecule has 5 heteroatoms. The number of anilines is 1.